The maximum absolute atomic E-state index is 12.3. The molecule has 2 aromatic carbocycles. The van der Waals surface area contributed by atoms with Gasteiger partial charge in [0, 0.05) is 23.5 Å². The number of aromatic nitrogens is 3. The van der Waals surface area contributed by atoms with E-state index in [9.17, 15) is 4.79 Å². The molecule has 3 rings (SSSR count). The zero-order chi connectivity index (χ0) is 19.4. The van der Waals surface area contributed by atoms with Crippen LogP contribution in [-0.4, -0.2) is 26.4 Å². The van der Waals surface area contributed by atoms with E-state index in [0.29, 0.717) is 12.2 Å². The Morgan fingerprint density at radius 3 is 2.56 bits per heavy atom. The molecule has 6 nitrogen and oxygen atoms in total. The average Bonchev–Trinajstić information content (AvgIpc) is 3.06. The number of thioether (sulfide) groups is 1. The molecule has 7 heteroatoms. The van der Waals surface area contributed by atoms with Crippen LogP contribution in [0.4, 0.5) is 11.4 Å². The fourth-order valence-electron chi connectivity index (χ4n) is 2.80. The number of amides is 1. The molecule has 1 heterocycles. The number of hydrogen-bond donors (Lipinski definition) is 2. The van der Waals surface area contributed by atoms with Crippen LogP contribution in [0.5, 0.6) is 0 Å². The van der Waals surface area contributed by atoms with Crippen LogP contribution < -0.4 is 11.1 Å². The van der Waals surface area contributed by atoms with E-state index in [1.54, 1.807) is 0 Å². The smallest absolute Gasteiger partial charge is 0.234 e. The molecule has 1 aromatic heterocycles. The molecule has 0 saturated carbocycles. The summed E-state index contributed by atoms with van der Waals surface area (Å²) in [5, 5.41) is 12.2. The van der Waals surface area contributed by atoms with Crippen LogP contribution in [0.2, 0.25) is 0 Å². The summed E-state index contributed by atoms with van der Waals surface area (Å²) in [6.07, 6.45) is 0. The summed E-state index contributed by atoms with van der Waals surface area (Å²) in [7, 11) is 0. The number of aryl methyl sites for hydroxylation is 2. The number of carbonyl (C=O) groups is 1. The van der Waals surface area contributed by atoms with Gasteiger partial charge in [0.15, 0.2) is 11.0 Å². The van der Waals surface area contributed by atoms with E-state index in [1.165, 1.54) is 17.3 Å². The second kappa shape index (κ2) is 8.26. The van der Waals surface area contributed by atoms with Crippen molar-refractivity contribution in [2.24, 2.45) is 0 Å². The Bertz CT molecular complexity index is 950. The van der Waals surface area contributed by atoms with Crippen molar-refractivity contribution in [3.8, 4) is 11.4 Å². The maximum Gasteiger partial charge on any atom is 0.234 e. The molecular formula is C20H23N5OS. The standard InChI is InChI=1S/C20H23N5OS/c1-4-25-19(15-6-8-16(21)9-7-15)23-24-20(25)27-12-18(26)22-17-10-5-13(2)11-14(17)3/h5-11H,4,12,21H2,1-3H3,(H,22,26). The fourth-order valence-corrected chi connectivity index (χ4v) is 3.60. The van der Waals surface area contributed by atoms with Crippen molar-refractivity contribution < 1.29 is 4.79 Å². The van der Waals surface area contributed by atoms with Gasteiger partial charge in [0.1, 0.15) is 0 Å². The molecule has 27 heavy (non-hydrogen) atoms. The molecule has 0 aliphatic rings. The Balaban J connectivity index is 1.69. The molecule has 140 valence electrons. The van der Waals surface area contributed by atoms with E-state index < -0.39 is 0 Å². The van der Waals surface area contributed by atoms with E-state index in [0.717, 1.165) is 27.8 Å². The normalized spacial score (nSPS) is 10.8. The van der Waals surface area contributed by atoms with Crippen LogP contribution >= 0.6 is 11.8 Å². The van der Waals surface area contributed by atoms with Crippen molar-refractivity contribution in [1.82, 2.24) is 14.8 Å². The lowest BCUT2D eigenvalue weighted by atomic mass is 10.1. The lowest BCUT2D eigenvalue weighted by molar-refractivity contribution is -0.113. The molecule has 0 aliphatic heterocycles. The van der Waals surface area contributed by atoms with E-state index in [2.05, 4.69) is 21.6 Å². The van der Waals surface area contributed by atoms with Crippen molar-refractivity contribution >= 4 is 29.0 Å². The van der Waals surface area contributed by atoms with Gasteiger partial charge in [-0.2, -0.15) is 0 Å². The first-order valence-electron chi connectivity index (χ1n) is 8.77. The second-order valence-corrected chi connectivity index (χ2v) is 7.27. The van der Waals surface area contributed by atoms with Crippen LogP contribution in [0.15, 0.2) is 47.6 Å². The van der Waals surface area contributed by atoms with Gasteiger partial charge in [-0.3, -0.25) is 4.79 Å². The molecule has 0 fully saturated rings. The lowest BCUT2D eigenvalue weighted by Gasteiger charge is -2.10. The molecule has 0 aliphatic carbocycles. The Morgan fingerprint density at radius 2 is 1.89 bits per heavy atom. The predicted molar refractivity (Wildman–Crippen MR) is 111 cm³/mol. The Morgan fingerprint density at radius 1 is 1.15 bits per heavy atom. The number of nitrogen functional groups attached to an aromatic ring is 1. The summed E-state index contributed by atoms with van der Waals surface area (Å²) in [5.74, 6) is 0.981. The first kappa shape index (κ1) is 19.0. The molecule has 0 bridgehead atoms. The van der Waals surface area contributed by atoms with Crippen molar-refractivity contribution in [2.75, 3.05) is 16.8 Å². The van der Waals surface area contributed by atoms with Crippen molar-refractivity contribution in [3.63, 3.8) is 0 Å². The summed E-state index contributed by atoms with van der Waals surface area (Å²) in [6, 6.07) is 13.5. The van der Waals surface area contributed by atoms with Gasteiger partial charge in [0.2, 0.25) is 5.91 Å². The van der Waals surface area contributed by atoms with E-state index in [1.807, 2.05) is 61.7 Å². The Kier molecular flexibility index (Phi) is 5.81. The van der Waals surface area contributed by atoms with Crippen LogP contribution in [0.25, 0.3) is 11.4 Å². The monoisotopic (exact) mass is 381 g/mol. The third-order valence-electron chi connectivity index (χ3n) is 4.19. The van der Waals surface area contributed by atoms with Crippen LogP contribution in [-0.2, 0) is 11.3 Å². The summed E-state index contributed by atoms with van der Waals surface area (Å²) < 4.78 is 2.00. The number of carbonyl (C=O) groups excluding carboxylic acids is 1. The minimum Gasteiger partial charge on any atom is -0.399 e. The molecule has 3 aromatic rings. The molecule has 0 unspecified atom stereocenters. The number of anilines is 2. The lowest BCUT2D eigenvalue weighted by Crippen LogP contribution is -2.15. The topological polar surface area (TPSA) is 85.8 Å². The summed E-state index contributed by atoms with van der Waals surface area (Å²) >= 11 is 1.38. The highest BCUT2D eigenvalue weighted by Gasteiger charge is 2.15. The molecule has 0 radical (unpaired) electrons. The Labute approximate surface area is 163 Å². The maximum atomic E-state index is 12.3. The highest BCUT2D eigenvalue weighted by atomic mass is 32.2. The zero-order valence-electron chi connectivity index (χ0n) is 15.7. The van der Waals surface area contributed by atoms with Gasteiger partial charge in [0.05, 0.1) is 5.75 Å². The molecule has 3 N–H and O–H groups in total. The molecule has 0 atom stereocenters. The number of hydrogen-bond acceptors (Lipinski definition) is 5. The number of benzene rings is 2. The van der Waals surface area contributed by atoms with Crippen molar-refractivity contribution in [2.45, 2.75) is 32.5 Å². The fraction of sp³-hybridized carbons (Fsp3) is 0.250. The van der Waals surface area contributed by atoms with E-state index >= 15 is 0 Å². The number of nitrogens with two attached hydrogens (primary N) is 1. The van der Waals surface area contributed by atoms with E-state index in [4.69, 9.17) is 5.73 Å². The SMILES string of the molecule is CCn1c(SCC(=O)Nc2ccc(C)cc2C)nnc1-c1ccc(N)cc1. The van der Waals surface area contributed by atoms with Crippen LogP contribution in [0.3, 0.4) is 0 Å². The molecule has 0 saturated heterocycles. The summed E-state index contributed by atoms with van der Waals surface area (Å²) in [6.45, 7) is 6.77. The van der Waals surface area contributed by atoms with Crippen molar-refractivity contribution in [1.29, 1.82) is 0 Å². The second-order valence-electron chi connectivity index (χ2n) is 6.33. The van der Waals surface area contributed by atoms with Gasteiger partial charge in [-0.15, -0.1) is 10.2 Å². The van der Waals surface area contributed by atoms with Crippen molar-refractivity contribution in [3.05, 3.63) is 53.6 Å². The van der Waals surface area contributed by atoms with Gasteiger partial charge >= 0.3 is 0 Å². The van der Waals surface area contributed by atoms with Crippen LogP contribution in [0.1, 0.15) is 18.1 Å². The van der Waals surface area contributed by atoms with Gasteiger partial charge in [-0.25, -0.2) is 0 Å². The first-order valence-corrected chi connectivity index (χ1v) is 9.75. The van der Waals surface area contributed by atoms with Gasteiger partial charge in [-0.05, 0) is 56.7 Å². The summed E-state index contributed by atoms with van der Waals surface area (Å²) in [4.78, 5) is 12.3. The van der Waals surface area contributed by atoms with Gasteiger partial charge in [-0.1, -0.05) is 29.5 Å². The number of nitrogens with zero attached hydrogens (tertiary/aromatic N) is 3. The Hall–Kier alpha value is -2.80. The first-order chi connectivity index (χ1) is 13.0. The molecule has 1 amide bonds. The average molecular weight is 382 g/mol. The zero-order valence-corrected chi connectivity index (χ0v) is 16.5. The minimum absolute atomic E-state index is 0.0633. The predicted octanol–water partition coefficient (Wildman–Crippen LogP) is 3.89. The van der Waals surface area contributed by atoms with Gasteiger partial charge < -0.3 is 15.6 Å². The number of rotatable bonds is 6. The van der Waals surface area contributed by atoms with E-state index in [-0.39, 0.29) is 11.7 Å². The molecule has 0 spiro atoms. The largest absolute Gasteiger partial charge is 0.399 e. The third-order valence-corrected chi connectivity index (χ3v) is 5.16. The highest BCUT2D eigenvalue weighted by molar-refractivity contribution is 7.99. The van der Waals surface area contributed by atoms with Crippen LogP contribution in [0, 0.1) is 13.8 Å². The minimum atomic E-state index is -0.0633. The third kappa shape index (κ3) is 4.49. The highest BCUT2D eigenvalue weighted by Crippen LogP contribution is 2.25. The van der Waals surface area contributed by atoms with Gasteiger partial charge in [0.25, 0.3) is 0 Å². The summed E-state index contributed by atoms with van der Waals surface area (Å²) in [5.41, 5.74) is 10.5. The molecular weight excluding hydrogens is 358 g/mol. The number of nitrogens with one attached hydrogen (secondary N) is 1. The quantitative estimate of drug-likeness (QED) is 0.500.